The summed E-state index contributed by atoms with van der Waals surface area (Å²) in [6.07, 6.45) is 7.30. The van der Waals surface area contributed by atoms with Crippen molar-refractivity contribution in [2.75, 3.05) is 6.54 Å². The lowest BCUT2D eigenvalue weighted by Gasteiger charge is -2.37. The van der Waals surface area contributed by atoms with Crippen molar-refractivity contribution in [2.45, 2.75) is 50.7 Å². The molecule has 0 radical (unpaired) electrons. The van der Waals surface area contributed by atoms with E-state index in [2.05, 4.69) is 22.1 Å². The number of aromatic nitrogens is 2. The number of likely N-dealkylation sites (tertiary alicyclic amines) is 2. The number of carbonyl (C=O) groups excluding carboxylic acids is 2. The number of benzene rings is 2. The van der Waals surface area contributed by atoms with Gasteiger partial charge in [-0.15, -0.1) is 0 Å². The van der Waals surface area contributed by atoms with Crippen LogP contribution in [0.3, 0.4) is 0 Å². The minimum absolute atomic E-state index is 0.0162. The van der Waals surface area contributed by atoms with Crippen LogP contribution in [0.5, 0.6) is 11.8 Å². The van der Waals surface area contributed by atoms with Crippen LogP contribution >= 0.6 is 0 Å². The van der Waals surface area contributed by atoms with Crippen LogP contribution in [0, 0.1) is 0 Å². The van der Waals surface area contributed by atoms with E-state index in [1.807, 2.05) is 40.1 Å². The molecule has 7 heteroatoms. The van der Waals surface area contributed by atoms with Crippen LogP contribution in [0.1, 0.15) is 48.0 Å². The number of hydrogen-bond donors (Lipinski definition) is 0. The number of amides is 2. The van der Waals surface area contributed by atoms with E-state index >= 15 is 0 Å². The molecule has 0 spiro atoms. The van der Waals surface area contributed by atoms with Gasteiger partial charge in [0, 0.05) is 37.5 Å². The Morgan fingerprint density at radius 2 is 1.76 bits per heavy atom. The summed E-state index contributed by atoms with van der Waals surface area (Å²) in [5.41, 5.74) is 1.69. The topological polar surface area (TPSA) is 75.6 Å². The van der Waals surface area contributed by atoms with E-state index in [0.29, 0.717) is 30.8 Å². The molecule has 3 aromatic rings. The maximum Gasteiger partial charge on any atom is 0.321 e. The van der Waals surface area contributed by atoms with Gasteiger partial charge in [-0.05, 0) is 49.1 Å². The number of hydrogen-bond acceptors (Lipinski definition) is 5. The molecule has 2 fully saturated rings. The maximum atomic E-state index is 13.6. The molecule has 1 aromatic heterocycles. The quantitative estimate of drug-likeness (QED) is 0.567. The molecule has 0 bridgehead atoms. The second kappa shape index (κ2) is 10.0. The Bertz CT molecular complexity index is 1140. The second-order valence-corrected chi connectivity index (χ2v) is 8.84. The summed E-state index contributed by atoms with van der Waals surface area (Å²) in [7, 11) is 0. The average molecular weight is 457 g/mol. The molecule has 2 aliphatic rings. The van der Waals surface area contributed by atoms with Gasteiger partial charge in [-0.25, -0.2) is 9.97 Å². The Hall–Kier alpha value is -3.74. The second-order valence-electron chi connectivity index (χ2n) is 8.84. The minimum atomic E-state index is -0.0281. The predicted octanol–water partition coefficient (Wildman–Crippen LogP) is 4.45. The average Bonchev–Trinajstić information content (AvgIpc) is 3.28. The van der Waals surface area contributed by atoms with Crippen LogP contribution in [0.2, 0.25) is 0 Å². The van der Waals surface area contributed by atoms with Gasteiger partial charge in [-0.1, -0.05) is 42.8 Å². The fourth-order valence-corrected chi connectivity index (χ4v) is 5.05. The van der Waals surface area contributed by atoms with Crippen LogP contribution in [0.15, 0.2) is 73.1 Å². The molecule has 0 aliphatic carbocycles. The smallest absolute Gasteiger partial charge is 0.321 e. The van der Waals surface area contributed by atoms with E-state index < -0.39 is 0 Å². The van der Waals surface area contributed by atoms with Gasteiger partial charge in [-0.2, -0.15) is 0 Å². The first-order valence-corrected chi connectivity index (χ1v) is 11.9. The van der Waals surface area contributed by atoms with E-state index in [1.165, 1.54) is 0 Å². The Kier molecular flexibility index (Phi) is 6.51. The van der Waals surface area contributed by atoms with Gasteiger partial charge in [0.1, 0.15) is 5.75 Å². The molecule has 7 nitrogen and oxygen atoms in total. The van der Waals surface area contributed by atoms with Gasteiger partial charge in [0.05, 0.1) is 12.1 Å². The summed E-state index contributed by atoms with van der Waals surface area (Å²) in [5.74, 6) is 0.678. The molecule has 2 aromatic carbocycles. The first-order valence-electron chi connectivity index (χ1n) is 11.9. The normalized spacial score (nSPS) is 20.4. The minimum Gasteiger partial charge on any atom is -0.424 e. The molecule has 5 rings (SSSR count). The lowest BCUT2D eigenvalue weighted by molar-refractivity contribution is -0.135. The molecule has 2 atom stereocenters. The molecule has 34 heavy (non-hydrogen) atoms. The van der Waals surface area contributed by atoms with Gasteiger partial charge < -0.3 is 14.5 Å². The van der Waals surface area contributed by atoms with Crippen molar-refractivity contribution in [1.29, 1.82) is 0 Å². The number of rotatable bonds is 5. The van der Waals surface area contributed by atoms with Crippen LogP contribution in [0.25, 0.3) is 0 Å². The highest BCUT2D eigenvalue weighted by molar-refractivity contribution is 5.95. The Balaban J connectivity index is 1.36. The van der Waals surface area contributed by atoms with Crippen LogP contribution in [0.4, 0.5) is 0 Å². The standard InChI is InChI=1S/C27H28N4O3/c32-25-13-5-4-12-23-24(31(25)19-20-8-2-1-3-9-20)14-17-30(23)26(33)21-10-6-11-22(18-21)34-27-28-15-7-16-29-27/h1-3,6-11,15-16,18,23-24H,4-5,12-14,17,19H2/t23-,24+/m1/s1. The van der Waals surface area contributed by atoms with Crippen LogP contribution in [-0.2, 0) is 11.3 Å². The molecule has 2 amide bonds. The molecular weight excluding hydrogens is 428 g/mol. The zero-order valence-electron chi connectivity index (χ0n) is 19.0. The third-order valence-corrected chi connectivity index (χ3v) is 6.66. The number of nitrogens with zero attached hydrogens (tertiary/aromatic N) is 4. The van der Waals surface area contributed by atoms with Crippen molar-refractivity contribution >= 4 is 11.8 Å². The maximum absolute atomic E-state index is 13.6. The van der Waals surface area contributed by atoms with E-state index in [1.54, 1.807) is 30.6 Å². The first kappa shape index (κ1) is 22.1. The molecular formula is C27H28N4O3. The van der Waals surface area contributed by atoms with Crippen molar-refractivity contribution in [3.8, 4) is 11.8 Å². The van der Waals surface area contributed by atoms with Crippen molar-refractivity contribution in [2.24, 2.45) is 0 Å². The van der Waals surface area contributed by atoms with Gasteiger partial charge in [0.25, 0.3) is 5.91 Å². The summed E-state index contributed by atoms with van der Waals surface area (Å²) in [6, 6.07) is 19.3. The largest absolute Gasteiger partial charge is 0.424 e. The van der Waals surface area contributed by atoms with E-state index in [0.717, 1.165) is 31.2 Å². The van der Waals surface area contributed by atoms with Crippen molar-refractivity contribution in [1.82, 2.24) is 19.8 Å². The summed E-state index contributed by atoms with van der Waals surface area (Å²) in [4.78, 5) is 38.8. The molecule has 2 aliphatic heterocycles. The van der Waals surface area contributed by atoms with Crippen LogP contribution in [-0.4, -0.2) is 50.2 Å². The van der Waals surface area contributed by atoms with E-state index in [-0.39, 0.29) is 29.9 Å². The van der Waals surface area contributed by atoms with Gasteiger partial charge in [-0.3, -0.25) is 9.59 Å². The lowest BCUT2D eigenvalue weighted by Crippen LogP contribution is -2.49. The molecule has 174 valence electrons. The fraction of sp³-hybridized carbons (Fsp3) is 0.333. The summed E-state index contributed by atoms with van der Waals surface area (Å²) in [6.45, 7) is 1.23. The third kappa shape index (κ3) is 4.78. The SMILES string of the molecule is O=C(c1cccc(Oc2ncccn2)c1)N1CC[C@H]2[C@H]1CCCCC(=O)N2Cc1ccccc1. The number of ether oxygens (including phenoxy) is 1. The summed E-state index contributed by atoms with van der Waals surface area (Å²) in [5, 5.41) is 0. The van der Waals surface area contributed by atoms with Crippen molar-refractivity contribution in [3.05, 3.63) is 84.2 Å². The number of carbonyl (C=O) groups is 2. The highest BCUT2D eigenvalue weighted by Crippen LogP contribution is 2.33. The highest BCUT2D eigenvalue weighted by atomic mass is 16.5. The fourth-order valence-electron chi connectivity index (χ4n) is 5.05. The van der Waals surface area contributed by atoms with Gasteiger partial charge >= 0.3 is 6.01 Å². The molecule has 2 saturated heterocycles. The molecule has 0 saturated carbocycles. The van der Waals surface area contributed by atoms with E-state index in [9.17, 15) is 9.59 Å². The van der Waals surface area contributed by atoms with E-state index in [4.69, 9.17) is 4.74 Å². The Labute approximate surface area is 199 Å². The monoisotopic (exact) mass is 456 g/mol. The summed E-state index contributed by atoms with van der Waals surface area (Å²) < 4.78 is 5.73. The van der Waals surface area contributed by atoms with Gasteiger partial charge in [0.2, 0.25) is 5.91 Å². The Morgan fingerprint density at radius 1 is 0.941 bits per heavy atom. The predicted molar refractivity (Wildman–Crippen MR) is 127 cm³/mol. The lowest BCUT2D eigenvalue weighted by atomic mass is 9.96. The Morgan fingerprint density at radius 3 is 2.59 bits per heavy atom. The zero-order valence-corrected chi connectivity index (χ0v) is 19.0. The molecule has 0 unspecified atom stereocenters. The third-order valence-electron chi connectivity index (χ3n) is 6.66. The molecule has 0 N–H and O–H groups in total. The number of fused-ring (bicyclic) bond motifs is 1. The molecule has 3 heterocycles. The van der Waals surface area contributed by atoms with Gasteiger partial charge in [0.15, 0.2) is 0 Å². The first-order chi connectivity index (χ1) is 16.7. The van der Waals surface area contributed by atoms with Crippen LogP contribution < -0.4 is 4.74 Å². The van der Waals surface area contributed by atoms with Crippen molar-refractivity contribution < 1.29 is 14.3 Å². The zero-order chi connectivity index (χ0) is 23.3. The summed E-state index contributed by atoms with van der Waals surface area (Å²) >= 11 is 0. The van der Waals surface area contributed by atoms with Crippen molar-refractivity contribution in [3.63, 3.8) is 0 Å². The highest BCUT2D eigenvalue weighted by Gasteiger charge is 2.42.